The van der Waals surface area contributed by atoms with E-state index in [2.05, 4.69) is 10.2 Å². The number of halogens is 1. The van der Waals surface area contributed by atoms with Crippen molar-refractivity contribution in [1.29, 1.82) is 0 Å². The molecule has 0 heterocycles. The molecule has 0 fully saturated rings. The second kappa shape index (κ2) is 8.52. The second-order valence-electron chi connectivity index (χ2n) is 4.79. The fourth-order valence-electron chi connectivity index (χ4n) is 1.93. The minimum absolute atomic E-state index is 0.105. The Balaban J connectivity index is 2.15. The highest BCUT2D eigenvalue weighted by Gasteiger charge is 2.08. The molecule has 6 nitrogen and oxygen atoms in total. The van der Waals surface area contributed by atoms with Crippen molar-refractivity contribution in [2.24, 2.45) is 21.7 Å². The fraction of sp³-hybridized carbons (Fsp3) is 0.176. The molecular weight excluding hydrogens is 311 g/mol. The van der Waals surface area contributed by atoms with Gasteiger partial charge < -0.3 is 20.9 Å². The summed E-state index contributed by atoms with van der Waals surface area (Å²) in [5.74, 6) is 0.610. The van der Waals surface area contributed by atoms with Crippen molar-refractivity contribution < 1.29 is 13.9 Å². The second-order valence-corrected chi connectivity index (χ2v) is 4.79. The van der Waals surface area contributed by atoms with Crippen LogP contribution in [0.4, 0.5) is 4.39 Å². The molecule has 24 heavy (non-hydrogen) atoms. The number of hydrogen-bond donors (Lipinski definition) is 2. The molecule has 126 valence electrons. The molecule has 0 aromatic heterocycles. The molecule has 0 aliphatic rings. The molecule has 0 unspecified atom stereocenters. The first-order valence-corrected chi connectivity index (χ1v) is 7.35. The quantitative estimate of drug-likeness (QED) is 0.463. The lowest BCUT2D eigenvalue weighted by molar-refractivity contribution is 0.266. The van der Waals surface area contributed by atoms with Gasteiger partial charge in [0.15, 0.2) is 11.5 Å². The first-order chi connectivity index (χ1) is 11.6. The van der Waals surface area contributed by atoms with Crippen molar-refractivity contribution in [3.63, 3.8) is 0 Å². The predicted molar refractivity (Wildman–Crippen MR) is 91.7 cm³/mol. The van der Waals surface area contributed by atoms with Crippen molar-refractivity contribution >= 4 is 12.2 Å². The van der Waals surface area contributed by atoms with Crippen LogP contribution in [0, 0.1) is 5.82 Å². The number of nitrogens with zero attached hydrogens (tertiary/aromatic N) is 2. The maximum absolute atomic E-state index is 13.6. The molecule has 0 amide bonds. The molecule has 0 radical (unpaired) electrons. The maximum Gasteiger partial charge on any atom is 0.211 e. The minimum Gasteiger partial charge on any atom is -0.490 e. The Morgan fingerprint density at radius 3 is 2.62 bits per heavy atom. The van der Waals surface area contributed by atoms with Gasteiger partial charge in [0.2, 0.25) is 5.96 Å². The topological polar surface area (TPSA) is 95.2 Å². The third-order valence-electron chi connectivity index (χ3n) is 2.99. The highest BCUT2D eigenvalue weighted by molar-refractivity contribution is 5.82. The average Bonchev–Trinajstić information content (AvgIpc) is 2.55. The molecular formula is C17H19FN4O2. The summed E-state index contributed by atoms with van der Waals surface area (Å²) >= 11 is 0. The first-order valence-electron chi connectivity index (χ1n) is 7.35. The zero-order valence-electron chi connectivity index (χ0n) is 13.3. The van der Waals surface area contributed by atoms with Gasteiger partial charge in [-0.3, -0.25) is 0 Å². The summed E-state index contributed by atoms with van der Waals surface area (Å²) in [5.41, 5.74) is 11.6. The predicted octanol–water partition coefficient (Wildman–Crippen LogP) is 2.41. The summed E-state index contributed by atoms with van der Waals surface area (Å²) < 4.78 is 24.9. The highest BCUT2D eigenvalue weighted by atomic mass is 19.1. The van der Waals surface area contributed by atoms with Crippen molar-refractivity contribution in [3.05, 3.63) is 59.4 Å². The molecule has 0 saturated heterocycles. The number of hydrogen-bond acceptors (Lipinski definition) is 4. The molecule has 0 bridgehead atoms. The number of guanidine groups is 1. The van der Waals surface area contributed by atoms with Gasteiger partial charge in [-0.2, -0.15) is 5.10 Å². The lowest BCUT2D eigenvalue weighted by Gasteiger charge is -2.13. The van der Waals surface area contributed by atoms with Gasteiger partial charge in [-0.25, -0.2) is 4.39 Å². The zero-order chi connectivity index (χ0) is 17.4. The van der Waals surface area contributed by atoms with Crippen LogP contribution in [0.25, 0.3) is 0 Å². The Kier molecular flexibility index (Phi) is 6.13. The highest BCUT2D eigenvalue weighted by Crippen LogP contribution is 2.29. The summed E-state index contributed by atoms with van der Waals surface area (Å²) in [6.45, 7) is 2.43. The van der Waals surface area contributed by atoms with Crippen LogP contribution in [0.15, 0.2) is 52.7 Å². The van der Waals surface area contributed by atoms with Gasteiger partial charge in [-0.15, -0.1) is 5.10 Å². The Morgan fingerprint density at radius 2 is 1.92 bits per heavy atom. The van der Waals surface area contributed by atoms with E-state index in [0.717, 1.165) is 5.56 Å². The smallest absolute Gasteiger partial charge is 0.211 e. The molecule has 7 heteroatoms. The maximum atomic E-state index is 13.6. The number of ether oxygens (including phenoxy) is 2. The van der Waals surface area contributed by atoms with Gasteiger partial charge in [0, 0.05) is 5.56 Å². The lowest BCUT2D eigenvalue weighted by atomic mass is 10.2. The van der Waals surface area contributed by atoms with E-state index in [1.54, 1.807) is 36.4 Å². The van der Waals surface area contributed by atoms with E-state index in [1.807, 2.05) is 6.92 Å². The standard InChI is InChI=1S/C17H19FN4O2/c1-2-23-16-9-12(10-21-22-17(19)20)7-8-15(16)24-11-13-5-3-4-6-14(13)18/h3-10H,2,11H2,1H3,(H4,19,20,22)/b21-10+. The third-order valence-corrected chi connectivity index (χ3v) is 2.99. The molecule has 2 aromatic rings. The Bertz CT molecular complexity index is 743. The molecule has 0 aliphatic heterocycles. The van der Waals surface area contributed by atoms with E-state index in [9.17, 15) is 4.39 Å². The summed E-state index contributed by atoms with van der Waals surface area (Å²) in [4.78, 5) is 0. The van der Waals surface area contributed by atoms with Crippen LogP contribution in [0.2, 0.25) is 0 Å². The summed E-state index contributed by atoms with van der Waals surface area (Å²) in [6, 6.07) is 11.7. The third kappa shape index (κ3) is 4.98. The molecule has 0 spiro atoms. The van der Waals surface area contributed by atoms with Crippen LogP contribution in [0.5, 0.6) is 11.5 Å². The van der Waals surface area contributed by atoms with Gasteiger partial charge in [0.25, 0.3) is 0 Å². The SMILES string of the molecule is CCOc1cc(/C=N/N=C(N)N)ccc1OCc1ccccc1F. The molecule has 0 aliphatic carbocycles. The van der Waals surface area contributed by atoms with Gasteiger partial charge in [0.05, 0.1) is 12.8 Å². The lowest BCUT2D eigenvalue weighted by Crippen LogP contribution is -2.21. The monoisotopic (exact) mass is 330 g/mol. The molecule has 0 saturated carbocycles. The Hall–Kier alpha value is -3.09. The van der Waals surface area contributed by atoms with Crippen LogP contribution >= 0.6 is 0 Å². The molecule has 2 aromatic carbocycles. The van der Waals surface area contributed by atoms with Crippen LogP contribution in [-0.2, 0) is 6.61 Å². The van der Waals surface area contributed by atoms with Crippen LogP contribution in [0.1, 0.15) is 18.1 Å². The van der Waals surface area contributed by atoms with Crippen molar-refractivity contribution in [3.8, 4) is 11.5 Å². The van der Waals surface area contributed by atoms with Gasteiger partial charge in [-0.1, -0.05) is 18.2 Å². The first kappa shape index (κ1) is 17.3. The molecule has 4 N–H and O–H groups in total. The molecule has 2 rings (SSSR count). The minimum atomic E-state index is -0.309. The fourth-order valence-corrected chi connectivity index (χ4v) is 1.93. The van der Waals surface area contributed by atoms with E-state index < -0.39 is 0 Å². The Labute approximate surface area is 139 Å². The van der Waals surface area contributed by atoms with E-state index in [0.29, 0.717) is 23.7 Å². The average molecular weight is 330 g/mol. The van der Waals surface area contributed by atoms with E-state index in [4.69, 9.17) is 20.9 Å². The van der Waals surface area contributed by atoms with E-state index in [1.165, 1.54) is 12.3 Å². The van der Waals surface area contributed by atoms with E-state index in [-0.39, 0.29) is 18.4 Å². The number of nitrogens with two attached hydrogens (primary N) is 2. The number of rotatable bonds is 7. The summed E-state index contributed by atoms with van der Waals surface area (Å²) in [5, 5.41) is 7.28. The largest absolute Gasteiger partial charge is 0.490 e. The van der Waals surface area contributed by atoms with Gasteiger partial charge in [-0.05, 0) is 36.8 Å². The van der Waals surface area contributed by atoms with Crippen molar-refractivity contribution in [2.75, 3.05) is 6.61 Å². The zero-order valence-corrected chi connectivity index (χ0v) is 13.3. The summed E-state index contributed by atoms with van der Waals surface area (Å²) in [6.07, 6.45) is 1.49. The van der Waals surface area contributed by atoms with Crippen molar-refractivity contribution in [2.45, 2.75) is 13.5 Å². The van der Waals surface area contributed by atoms with Crippen molar-refractivity contribution in [1.82, 2.24) is 0 Å². The van der Waals surface area contributed by atoms with Crippen LogP contribution in [0.3, 0.4) is 0 Å². The van der Waals surface area contributed by atoms with Gasteiger partial charge >= 0.3 is 0 Å². The van der Waals surface area contributed by atoms with E-state index >= 15 is 0 Å². The molecule has 0 atom stereocenters. The number of benzene rings is 2. The van der Waals surface area contributed by atoms with Gasteiger partial charge in [0.1, 0.15) is 12.4 Å². The van der Waals surface area contributed by atoms with Crippen LogP contribution in [-0.4, -0.2) is 18.8 Å². The normalized spacial score (nSPS) is 10.6. The van der Waals surface area contributed by atoms with Crippen LogP contribution < -0.4 is 20.9 Å². The summed E-state index contributed by atoms with van der Waals surface area (Å²) in [7, 11) is 0. The Morgan fingerprint density at radius 1 is 1.12 bits per heavy atom.